The van der Waals surface area contributed by atoms with Crippen molar-refractivity contribution in [3.8, 4) is 0 Å². The van der Waals surface area contributed by atoms with Crippen molar-refractivity contribution in [3.63, 3.8) is 0 Å². The van der Waals surface area contributed by atoms with Gasteiger partial charge in [-0.3, -0.25) is 0 Å². The first-order valence-electron chi connectivity index (χ1n) is 5.98. The van der Waals surface area contributed by atoms with Gasteiger partial charge in [-0.25, -0.2) is 4.98 Å². The molecule has 0 aliphatic heterocycles. The third-order valence-electron chi connectivity index (χ3n) is 2.89. The summed E-state index contributed by atoms with van der Waals surface area (Å²) >= 11 is 1.80. The van der Waals surface area contributed by atoms with Gasteiger partial charge in [0.2, 0.25) is 0 Å². The molecular formula is C12H20N2OS. The average Bonchev–Trinajstić information content (AvgIpc) is 3.02. The lowest BCUT2D eigenvalue weighted by Crippen LogP contribution is -2.06. The van der Waals surface area contributed by atoms with Crippen LogP contribution in [0.5, 0.6) is 0 Å². The average molecular weight is 240 g/mol. The van der Waals surface area contributed by atoms with Gasteiger partial charge in [0.25, 0.3) is 0 Å². The van der Waals surface area contributed by atoms with Crippen molar-refractivity contribution in [1.29, 1.82) is 0 Å². The zero-order valence-electron chi connectivity index (χ0n) is 10.2. The number of aromatic nitrogens is 1. The third kappa shape index (κ3) is 2.62. The molecule has 0 saturated heterocycles. The topological polar surface area (TPSA) is 34.1 Å². The second-order valence-corrected chi connectivity index (χ2v) is 5.42. The van der Waals surface area contributed by atoms with Crippen LogP contribution in [0, 0.1) is 12.8 Å². The molecule has 1 saturated carbocycles. The number of rotatable bonds is 6. The maximum atomic E-state index is 5.83. The summed E-state index contributed by atoms with van der Waals surface area (Å²) in [4.78, 5) is 6.00. The number of hydrogen-bond donors (Lipinski definition) is 1. The van der Waals surface area contributed by atoms with E-state index in [1.807, 2.05) is 7.05 Å². The molecular weight excluding hydrogens is 220 g/mol. The van der Waals surface area contributed by atoms with Crippen LogP contribution >= 0.6 is 11.3 Å². The van der Waals surface area contributed by atoms with Gasteiger partial charge in [0.05, 0.1) is 5.69 Å². The molecule has 1 N–H and O–H groups in total. The molecule has 16 heavy (non-hydrogen) atoms. The second-order valence-electron chi connectivity index (χ2n) is 4.30. The van der Waals surface area contributed by atoms with Crippen LogP contribution in [0.3, 0.4) is 0 Å². The van der Waals surface area contributed by atoms with Gasteiger partial charge in [-0.2, -0.15) is 0 Å². The molecule has 1 aromatic rings. The summed E-state index contributed by atoms with van der Waals surface area (Å²) in [5.41, 5.74) is 1.15. The summed E-state index contributed by atoms with van der Waals surface area (Å²) in [6.45, 7) is 5.83. The third-order valence-corrected chi connectivity index (χ3v) is 4.11. The summed E-state index contributed by atoms with van der Waals surface area (Å²) in [6.07, 6.45) is 2.84. The number of aryl methyl sites for hydroxylation is 1. The zero-order valence-corrected chi connectivity index (χ0v) is 11.1. The molecule has 2 rings (SSSR count). The predicted octanol–water partition coefficient (Wildman–Crippen LogP) is 2.66. The number of ether oxygens (including phenoxy) is 1. The van der Waals surface area contributed by atoms with Gasteiger partial charge in [0.15, 0.2) is 0 Å². The van der Waals surface area contributed by atoms with E-state index in [9.17, 15) is 0 Å². The number of nitrogens with zero attached hydrogens (tertiary/aromatic N) is 1. The van der Waals surface area contributed by atoms with Crippen LogP contribution in [-0.2, 0) is 11.3 Å². The largest absolute Gasteiger partial charge is 0.371 e. The fourth-order valence-corrected chi connectivity index (χ4v) is 3.11. The Labute approximate surface area is 101 Å². The van der Waals surface area contributed by atoms with Crippen molar-refractivity contribution in [2.45, 2.75) is 39.3 Å². The van der Waals surface area contributed by atoms with Crippen LogP contribution in [0.15, 0.2) is 0 Å². The standard InChI is InChI=1S/C12H20N2OS/c1-4-15-11(9-5-6-9)12-14-8(2)10(16-12)7-13-3/h9,11,13H,4-7H2,1-3H3. The van der Waals surface area contributed by atoms with Gasteiger partial charge in [0, 0.05) is 18.0 Å². The van der Waals surface area contributed by atoms with Gasteiger partial charge in [-0.1, -0.05) is 0 Å². The van der Waals surface area contributed by atoms with Crippen molar-refractivity contribution in [2.24, 2.45) is 5.92 Å². The van der Waals surface area contributed by atoms with Gasteiger partial charge in [0.1, 0.15) is 11.1 Å². The molecule has 1 aliphatic rings. The molecule has 3 nitrogen and oxygen atoms in total. The van der Waals surface area contributed by atoms with E-state index in [-0.39, 0.29) is 6.10 Å². The Bertz CT molecular complexity index is 347. The molecule has 1 aliphatic carbocycles. The van der Waals surface area contributed by atoms with Crippen LogP contribution in [0.1, 0.15) is 41.4 Å². The summed E-state index contributed by atoms with van der Waals surface area (Å²) in [6, 6.07) is 0. The maximum Gasteiger partial charge on any atom is 0.122 e. The molecule has 1 heterocycles. The lowest BCUT2D eigenvalue weighted by molar-refractivity contribution is 0.0461. The molecule has 4 heteroatoms. The Hall–Kier alpha value is -0.450. The van der Waals surface area contributed by atoms with Crippen molar-refractivity contribution < 1.29 is 4.74 Å². The lowest BCUT2D eigenvalue weighted by atomic mass is 10.2. The Morgan fingerprint density at radius 3 is 2.88 bits per heavy atom. The Balaban J connectivity index is 2.13. The van der Waals surface area contributed by atoms with E-state index in [1.165, 1.54) is 22.7 Å². The summed E-state index contributed by atoms with van der Waals surface area (Å²) in [5.74, 6) is 0.716. The van der Waals surface area contributed by atoms with E-state index in [0.29, 0.717) is 5.92 Å². The number of nitrogens with one attached hydrogen (secondary N) is 1. The van der Waals surface area contributed by atoms with Crippen LogP contribution in [0.2, 0.25) is 0 Å². The van der Waals surface area contributed by atoms with E-state index in [2.05, 4.69) is 24.1 Å². The Morgan fingerprint density at radius 2 is 2.31 bits per heavy atom. The van der Waals surface area contributed by atoms with Crippen LogP contribution in [0.25, 0.3) is 0 Å². The highest BCUT2D eigenvalue weighted by atomic mass is 32.1. The fraction of sp³-hybridized carbons (Fsp3) is 0.750. The molecule has 1 fully saturated rings. The highest BCUT2D eigenvalue weighted by Crippen LogP contribution is 2.44. The fourth-order valence-electron chi connectivity index (χ4n) is 1.88. The SMILES string of the molecule is CCOC(c1nc(C)c(CNC)s1)C1CC1. The van der Waals surface area contributed by atoms with E-state index < -0.39 is 0 Å². The Kier molecular flexibility index (Phi) is 3.95. The maximum absolute atomic E-state index is 5.83. The first-order valence-corrected chi connectivity index (χ1v) is 6.80. The first-order chi connectivity index (χ1) is 7.76. The predicted molar refractivity (Wildman–Crippen MR) is 66.7 cm³/mol. The molecule has 1 unspecified atom stereocenters. The first kappa shape index (κ1) is 12.0. The van der Waals surface area contributed by atoms with Gasteiger partial charge in [-0.15, -0.1) is 11.3 Å². The van der Waals surface area contributed by atoms with Crippen LogP contribution in [0.4, 0.5) is 0 Å². The minimum Gasteiger partial charge on any atom is -0.371 e. The van der Waals surface area contributed by atoms with Gasteiger partial charge in [-0.05, 0) is 39.7 Å². The summed E-state index contributed by atoms with van der Waals surface area (Å²) < 4.78 is 5.83. The monoisotopic (exact) mass is 240 g/mol. The quantitative estimate of drug-likeness (QED) is 0.830. The van der Waals surface area contributed by atoms with E-state index in [1.54, 1.807) is 11.3 Å². The van der Waals surface area contributed by atoms with E-state index >= 15 is 0 Å². The molecule has 0 radical (unpaired) electrons. The minimum atomic E-state index is 0.249. The molecule has 0 aromatic carbocycles. The molecule has 0 spiro atoms. The van der Waals surface area contributed by atoms with Crippen molar-refractivity contribution in [1.82, 2.24) is 10.3 Å². The van der Waals surface area contributed by atoms with Gasteiger partial charge >= 0.3 is 0 Å². The molecule has 0 bridgehead atoms. The number of thiazole rings is 1. The van der Waals surface area contributed by atoms with Crippen LogP contribution in [-0.4, -0.2) is 18.6 Å². The summed E-state index contributed by atoms with van der Waals surface area (Å²) in [7, 11) is 1.97. The lowest BCUT2D eigenvalue weighted by Gasteiger charge is -2.12. The highest BCUT2D eigenvalue weighted by Gasteiger charge is 2.35. The minimum absolute atomic E-state index is 0.249. The summed E-state index contributed by atoms with van der Waals surface area (Å²) in [5, 5.41) is 4.36. The van der Waals surface area contributed by atoms with Crippen molar-refractivity contribution in [3.05, 3.63) is 15.6 Å². The zero-order chi connectivity index (χ0) is 11.5. The highest BCUT2D eigenvalue weighted by molar-refractivity contribution is 7.11. The molecule has 1 aromatic heterocycles. The van der Waals surface area contributed by atoms with Crippen molar-refractivity contribution in [2.75, 3.05) is 13.7 Å². The number of hydrogen-bond acceptors (Lipinski definition) is 4. The second kappa shape index (κ2) is 5.25. The Morgan fingerprint density at radius 1 is 1.56 bits per heavy atom. The molecule has 1 atom stereocenters. The molecule has 90 valence electrons. The smallest absolute Gasteiger partial charge is 0.122 e. The van der Waals surface area contributed by atoms with Gasteiger partial charge < -0.3 is 10.1 Å². The van der Waals surface area contributed by atoms with Crippen LogP contribution < -0.4 is 5.32 Å². The van der Waals surface area contributed by atoms with E-state index in [4.69, 9.17) is 4.74 Å². The van der Waals surface area contributed by atoms with E-state index in [0.717, 1.165) is 18.8 Å². The molecule has 0 amide bonds. The van der Waals surface area contributed by atoms with Crippen molar-refractivity contribution >= 4 is 11.3 Å². The normalized spacial score (nSPS) is 17.7.